The van der Waals surface area contributed by atoms with Gasteiger partial charge < -0.3 is 19.6 Å². The van der Waals surface area contributed by atoms with Crippen molar-refractivity contribution in [2.24, 2.45) is 0 Å². The molecule has 0 heterocycles. The molecular weight excluding hydrogens is 222 g/mol. The number of rotatable bonds is 8. The molecule has 1 amide bonds. The Hall–Kier alpha value is -0.940. The van der Waals surface area contributed by atoms with E-state index in [1.165, 1.54) is 0 Å². The molecule has 0 bridgehead atoms. The second-order valence-electron chi connectivity index (χ2n) is 3.57. The van der Waals surface area contributed by atoms with Crippen LogP contribution in [0.5, 0.6) is 0 Å². The number of Topliss-reactive ketones (excluding diaryl/α,β-unsaturated/α-hetero) is 1. The predicted octanol–water partition coefficient (Wildman–Crippen LogP) is 1.41. The predicted molar refractivity (Wildman–Crippen MR) is 69.1 cm³/mol. The van der Waals surface area contributed by atoms with Gasteiger partial charge in [0.15, 0.2) is 0 Å². The first-order chi connectivity index (χ1) is 8.08. The molecule has 0 saturated heterocycles. The van der Waals surface area contributed by atoms with Gasteiger partial charge in [-0.1, -0.05) is 0 Å². The third-order valence-electron chi connectivity index (χ3n) is 1.91. The number of ether oxygens (including phenoxy) is 2. The minimum absolute atomic E-state index is 0. The zero-order valence-corrected chi connectivity index (χ0v) is 11.4. The van der Waals surface area contributed by atoms with Crippen molar-refractivity contribution in [2.75, 3.05) is 34.5 Å². The Morgan fingerprint density at radius 3 is 1.88 bits per heavy atom. The third kappa shape index (κ3) is 21.0. The summed E-state index contributed by atoms with van der Waals surface area (Å²) in [6.45, 7) is 2.95. The first kappa shape index (κ1) is 18.4. The van der Waals surface area contributed by atoms with Gasteiger partial charge in [-0.25, -0.2) is 0 Å². The number of hydrogen-bond acceptors (Lipinski definition) is 4. The quantitative estimate of drug-likeness (QED) is 0.661. The molecule has 1 N–H and O–H groups in total. The Bertz CT molecular complexity index is 201. The summed E-state index contributed by atoms with van der Waals surface area (Å²) < 4.78 is 9.50. The molecule has 0 rings (SSSR count). The molecule has 0 aromatic rings. The fraction of sp³-hybridized carbons (Fsp3) is 0.833. The van der Waals surface area contributed by atoms with Crippen molar-refractivity contribution in [3.8, 4) is 0 Å². The van der Waals surface area contributed by atoms with Crippen molar-refractivity contribution < 1.29 is 20.5 Å². The van der Waals surface area contributed by atoms with Crippen LogP contribution in [-0.4, -0.2) is 46.2 Å². The summed E-state index contributed by atoms with van der Waals surface area (Å²) in [5, 5.41) is 2.53. The van der Waals surface area contributed by atoms with Crippen LogP contribution in [0.25, 0.3) is 0 Å². The molecule has 0 aromatic heterocycles. The molecule has 0 aromatic carbocycles. The summed E-state index contributed by atoms with van der Waals surface area (Å²) in [5.74, 6) is 0.314. The lowest BCUT2D eigenvalue weighted by molar-refractivity contribution is -0.121. The molecular formula is C12H27NO4. The number of methoxy groups -OCH3 is 2. The van der Waals surface area contributed by atoms with E-state index in [2.05, 4.69) is 5.32 Å². The maximum atomic E-state index is 10.5. The van der Waals surface area contributed by atoms with Crippen LogP contribution in [0.3, 0.4) is 0 Å². The van der Waals surface area contributed by atoms with Gasteiger partial charge in [0.25, 0.3) is 0 Å². The SMILES string of the molecule is CNC(=O)CCCOC.COCCCC(C)=O.[HH]. The third-order valence-corrected chi connectivity index (χ3v) is 1.91. The number of amides is 1. The number of hydrogen-bond donors (Lipinski definition) is 1. The summed E-state index contributed by atoms with van der Waals surface area (Å²) in [6, 6.07) is 0. The zero-order chi connectivity index (χ0) is 13.5. The van der Waals surface area contributed by atoms with Crippen LogP contribution in [0.1, 0.15) is 34.0 Å². The molecule has 0 spiro atoms. The Morgan fingerprint density at radius 2 is 1.53 bits per heavy atom. The van der Waals surface area contributed by atoms with Crippen LogP contribution in [0, 0.1) is 0 Å². The molecule has 0 saturated carbocycles. The van der Waals surface area contributed by atoms with E-state index < -0.39 is 0 Å². The highest BCUT2D eigenvalue weighted by Gasteiger charge is 1.94. The fourth-order valence-electron chi connectivity index (χ4n) is 0.968. The van der Waals surface area contributed by atoms with Crippen LogP contribution in [0.15, 0.2) is 0 Å². The first-order valence-corrected chi connectivity index (χ1v) is 5.76. The van der Waals surface area contributed by atoms with Crippen LogP contribution < -0.4 is 5.32 Å². The second kappa shape index (κ2) is 15.1. The highest BCUT2D eigenvalue weighted by Crippen LogP contribution is 1.88. The maximum Gasteiger partial charge on any atom is 0.219 e. The van der Waals surface area contributed by atoms with Gasteiger partial charge in [0.2, 0.25) is 5.91 Å². The molecule has 104 valence electrons. The van der Waals surface area contributed by atoms with Gasteiger partial charge in [0, 0.05) is 48.7 Å². The molecule has 17 heavy (non-hydrogen) atoms. The van der Waals surface area contributed by atoms with Gasteiger partial charge in [0.05, 0.1) is 0 Å². The van der Waals surface area contributed by atoms with E-state index in [-0.39, 0.29) is 13.1 Å². The standard InChI is InChI=1S/C6H13NO2.C6H12O2.H2/c1-7-6(8)4-3-5-9-2;1-6(7)4-3-5-8-2;/h3-5H2,1-2H3,(H,7,8);3-5H2,1-2H3;1H. The van der Waals surface area contributed by atoms with Crippen LogP contribution in [0.2, 0.25) is 0 Å². The summed E-state index contributed by atoms with van der Waals surface area (Å²) >= 11 is 0. The van der Waals surface area contributed by atoms with Crippen molar-refractivity contribution in [3.05, 3.63) is 0 Å². The molecule has 0 aliphatic carbocycles. The summed E-state index contributed by atoms with van der Waals surface area (Å²) in [4.78, 5) is 20.8. The Labute approximate surface area is 105 Å². The summed E-state index contributed by atoms with van der Waals surface area (Å²) in [7, 11) is 4.90. The van der Waals surface area contributed by atoms with Crippen LogP contribution in [0.4, 0.5) is 0 Å². The molecule has 5 heteroatoms. The van der Waals surface area contributed by atoms with Gasteiger partial charge >= 0.3 is 0 Å². The van der Waals surface area contributed by atoms with Crippen molar-refractivity contribution in [1.82, 2.24) is 5.32 Å². The monoisotopic (exact) mass is 249 g/mol. The van der Waals surface area contributed by atoms with E-state index in [1.807, 2.05) is 0 Å². The lowest BCUT2D eigenvalue weighted by atomic mass is 10.2. The molecule has 5 nitrogen and oxygen atoms in total. The fourth-order valence-corrected chi connectivity index (χ4v) is 0.968. The number of ketones is 1. The lowest BCUT2D eigenvalue weighted by Crippen LogP contribution is -2.17. The Morgan fingerprint density at radius 1 is 1.06 bits per heavy atom. The van der Waals surface area contributed by atoms with E-state index in [0.29, 0.717) is 26.1 Å². The molecule has 0 radical (unpaired) electrons. The van der Waals surface area contributed by atoms with Crippen LogP contribution >= 0.6 is 0 Å². The van der Waals surface area contributed by atoms with E-state index in [4.69, 9.17) is 9.47 Å². The van der Waals surface area contributed by atoms with E-state index in [1.54, 1.807) is 28.2 Å². The first-order valence-electron chi connectivity index (χ1n) is 5.76. The lowest BCUT2D eigenvalue weighted by Gasteiger charge is -1.97. The minimum Gasteiger partial charge on any atom is -0.385 e. The smallest absolute Gasteiger partial charge is 0.219 e. The highest BCUT2D eigenvalue weighted by atomic mass is 16.5. The van der Waals surface area contributed by atoms with Gasteiger partial charge in [-0.2, -0.15) is 0 Å². The average molecular weight is 249 g/mol. The van der Waals surface area contributed by atoms with Crippen molar-refractivity contribution in [2.45, 2.75) is 32.6 Å². The Kier molecular flexibility index (Phi) is 16.3. The normalized spacial score (nSPS) is 9.18. The van der Waals surface area contributed by atoms with Crippen molar-refractivity contribution in [1.29, 1.82) is 0 Å². The van der Waals surface area contributed by atoms with Crippen LogP contribution in [-0.2, 0) is 19.1 Å². The van der Waals surface area contributed by atoms with E-state index in [0.717, 1.165) is 12.8 Å². The minimum atomic E-state index is 0. The molecule has 0 aliphatic heterocycles. The molecule has 0 fully saturated rings. The topological polar surface area (TPSA) is 64.6 Å². The van der Waals surface area contributed by atoms with E-state index in [9.17, 15) is 9.59 Å². The number of carbonyl (C=O) groups is 2. The maximum absolute atomic E-state index is 10.5. The largest absolute Gasteiger partial charge is 0.385 e. The summed E-state index contributed by atoms with van der Waals surface area (Å²) in [5.41, 5.74) is 0. The number of carbonyl (C=O) groups excluding carboxylic acids is 2. The zero-order valence-electron chi connectivity index (χ0n) is 11.4. The summed E-state index contributed by atoms with van der Waals surface area (Å²) in [6.07, 6.45) is 2.86. The highest BCUT2D eigenvalue weighted by molar-refractivity contribution is 5.75. The van der Waals surface area contributed by atoms with E-state index >= 15 is 0 Å². The molecule has 0 aliphatic rings. The van der Waals surface area contributed by atoms with Crippen molar-refractivity contribution >= 4 is 11.7 Å². The average Bonchev–Trinajstić information content (AvgIpc) is 2.30. The van der Waals surface area contributed by atoms with Gasteiger partial charge in [-0.3, -0.25) is 4.79 Å². The van der Waals surface area contributed by atoms with Gasteiger partial charge in [-0.15, -0.1) is 0 Å². The molecule has 0 atom stereocenters. The van der Waals surface area contributed by atoms with Crippen molar-refractivity contribution in [3.63, 3.8) is 0 Å². The number of nitrogens with one attached hydrogen (secondary N) is 1. The second-order valence-corrected chi connectivity index (χ2v) is 3.57. The molecule has 0 unspecified atom stereocenters. The Balaban J connectivity index is -0.000000238. The van der Waals surface area contributed by atoms with Gasteiger partial charge in [0.1, 0.15) is 5.78 Å². The van der Waals surface area contributed by atoms with Gasteiger partial charge in [-0.05, 0) is 19.8 Å².